The molecule has 1 aliphatic rings. The fourth-order valence-electron chi connectivity index (χ4n) is 1.95. The van der Waals surface area contributed by atoms with Gasteiger partial charge in [-0.05, 0) is 12.2 Å². The van der Waals surface area contributed by atoms with Crippen molar-refractivity contribution in [3.8, 4) is 0 Å². The highest BCUT2D eigenvalue weighted by Crippen LogP contribution is 2.27. The molecule has 1 heterocycles. The lowest BCUT2D eigenvalue weighted by molar-refractivity contribution is 0.531. The van der Waals surface area contributed by atoms with Crippen molar-refractivity contribution in [1.29, 1.82) is 0 Å². The van der Waals surface area contributed by atoms with Gasteiger partial charge in [-0.25, -0.2) is 4.98 Å². The van der Waals surface area contributed by atoms with E-state index in [4.69, 9.17) is 0 Å². The molecule has 1 N–H and O–H groups in total. The third-order valence-electron chi connectivity index (χ3n) is 2.65. The second-order valence-corrected chi connectivity index (χ2v) is 4.40. The molecule has 0 atom stereocenters. The van der Waals surface area contributed by atoms with Gasteiger partial charge in [-0.1, -0.05) is 37.4 Å². The van der Waals surface area contributed by atoms with Crippen LogP contribution in [0.3, 0.4) is 0 Å². The van der Waals surface area contributed by atoms with Gasteiger partial charge in [0.1, 0.15) is 5.82 Å². The number of aromatic amines is 1. The first-order chi connectivity index (χ1) is 6.38. The summed E-state index contributed by atoms with van der Waals surface area (Å²) < 4.78 is 0. The van der Waals surface area contributed by atoms with Crippen molar-refractivity contribution >= 4 is 11.8 Å². The smallest absolute Gasteiger partial charge is 0.208 e. The molecule has 72 valence electrons. The molecule has 0 aliphatic heterocycles. The molecular weight excluding hydrogens is 182 g/mol. The summed E-state index contributed by atoms with van der Waals surface area (Å²) in [6.45, 7) is 0. The maximum Gasteiger partial charge on any atom is 0.208 e. The molecule has 1 aromatic heterocycles. The van der Waals surface area contributed by atoms with Crippen molar-refractivity contribution in [2.75, 3.05) is 6.26 Å². The van der Waals surface area contributed by atoms with E-state index in [1.165, 1.54) is 25.7 Å². The molecule has 0 saturated heterocycles. The van der Waals surface area contributed by atoms with Gasteiger partial charge in [-0.3, -0.25) is 5.10 Å². The molecule has 1 aliphatic carbocycles. The molecule has 0 bridgehead atoms. The largest absolute Gasteiger partial charge is 0.262 e. The van der Waals surface area contributed by atoms with Crippen LogP contribution < -0.4 is 0 Å². The second-order valence-electron chi connectivity index (χ2n) is 3.62. The molecule has 1 saturated carbocycles. The average Bonchev–Trinajstić information content (AvgIpc) is 2.76. The van der Waals surface area contributed by atoms with Gasteiger partial charge in [0.2, 0.25) is 5.16 Å². The Balaban J connectivity index is 1.92. The van der Waals surface area contributed by atoms with Gasteiger partial charge in [-0.2, -0.15) is 0 Å². The fourth-order valence-corrected chi connectivity index (χ4v) is 2.29. The molecule has 0 unspecified atom stereocenters. The van der Waals surface area contributed by atoms with Crippen LogP contribution in [0.5, 0.6) is 0 Å². The molecule has 2 rings (SSSR count). The van der Waals surface area contributed by atoms with Gasteiger partial charge in [0, 0.05) is 6.42 Å². The Kier molecular flexibility index (Phi) is 2.88. The topological polar surface area (TPSA) is 41.6 Å². The highest BCUT2D eigenvalue weighted by molar-refractivity contribution is 7.98. The number of thioether (sulfide) groups is 1. The number of H-pyrrole nitrogens is 1. The highest BCUT2D eigenvalue weighted by atomic mass is 32.2. The molecule has 1 aromatic rings. The average molecular weight is 197 g/mol. The van der Waals surface area contributed by atoms with Crippen LogP contribution in [0.4, 0.5) is 0 Å². The minimum absolute atomic E-state index is 0.850. The first-order valence-electron chi connectivity index (χ1n) is 4.84. The van der Waals surface area contributed by atoms with Crippen LogP contribution in [0.15, 0.2) is 5.16 Å². The standard InChI is InChI=1S/C9H15N3S/c1-13-9-10-8(11-12-9)6-7-4-2-3-5-7/h7H,2-6H2,1H3,(H,10,11,12). The van der Waals surface area contributed by atoms with Crippen molar-refractivity contribution in [2.24, 2.45) is 5.92 Å². The van der Waals surface area contributed by atoms with Crippen LogP contribution in [-0.2, 0) is 6.42 Å². The van der Waals surface area contributed by atoms with Gasteiger partial charge in [0.25, 0.3) is 0 Å². The molecule has 0 radical (unpaired) electrons. The first-order valence-corrected chi connectivity index (χ1v) is 6.06. The first kappa shape index (κ1) is 9.06. The quantitative estimate of drug-likeness (QED) is 0.756. The highest BCUT2D eigenvalue weighted by Gasteiger charge is 2.16. The zero-order valence-corrected chi connectivity index (χ0v) is 8.73. The van der Waals surface area contributed by atoms with Crippen molar-refractivity contribution in [3.05, 3.63) is 5.82 Å². The van der Waals surface area contributed by atoms with E-state index in [0.717, 1.165) is 23.3 Å². The SMILES string of the molecule is CSc1n[nH]c(CC2CCCC2)n1. The van der Waals surface area contributed by atoms with E-state index in [2.05, 4.69) is 15.2 Å². The lowest BCUT2D eigenvalue weighted by Gasteiger charge is -2.03. The molecule has 3 nitrogen and oxygen atoms in total. The van der Waals surface area contributed by atoms with Gasteiger partial charge in [0.15, 0.2) is 0 Å². The summed E-state index contributed by atoms with van der Waals surface area (Å²) in [4.78, 5) is 4.39. The molecule has 0 spiro atoms. The van der Waals surface area contributed by atoms with Crippen LogP contribution in [0, 0.1) is 5.92 Å². The van der Waals surface area contributed by atoms with Gasteiger partial charge in [-0.15, -0.1) is 5.10 Å². The summed E-state index contributed by atoms with van der Waals surface area (Å²) in [5.74, 6) is 1.92. The van der Waals surface area contributed by atoms with E-state index in [0.29, 0.717) is 0 Å². The molecule has 1 fully saturated rings. The Morgan fingerprint density at radius 1 is 1.46 bits per heavy atom. The Labute approximate surface area is 82.7 Å². The zero-order chi connectivity index (χ0) is 9.10. The zero-order valence-electron chi connectivity index (χ0n) is 7.92. The van der Waals surface area contributed by atoms with E-state index in [1.807, 2.05) is 6.26 Å². The van der Waals surface area contributed by atoms with Crippen LogP contribution in [0.25, 0.3) is 0 Å². The van der Waals surface area contributed by atoms with Gasteiger partial charge >= 0.3 is 0 Å². The molecule has 0 aromatic carbocycles. The molecular formula is C9H15N3S. The predicted molar refractivity (Wildman–Crippen MR) is 53.8 cm³/mol. The van der Waals surface area contributed by atoms with Crippen LogP contribution in [0.2, 0.25) is 0 Å². The van der Waals surface area contributed by atoms with E-state index in [9.17, 15) is 0 Å². The molecule has 4 heteroatoms. The van der Waals surface area contributed by atoms with E-state index >= 15 is 0 Å². The minimum Gasteiger partial charge on any atom is -0.262 e. The Bertz CT molecular complexity index is 266. The molecule has 0 amide bonds. The summed E-state index contributed by atoms with van der Waals surface area (Å²) in [5.41, 5.74) is 0. The lowest BCUT2D eigenvalue weighted by Crippen LogP contribution is -2.00. The predicted octanol–water partition coefficient (Wildman–Crippen LogP) is 2.26. The molecule has 13 heavy (non-hydrogen) atoms. The summed E-state index contributed by atoms with van der Waals surface area (Å²) in [7, 11) is 0. The number of nitrogens with zero attached hydrogens (tertiary/aromatic N) is 2. The maximum atomic E-state index is 4.39. The lowest BCUT2D eigenvalue weighted by atomic mass is 10.0. The number of hydrogen-bond acceptors (Lipinski definition) is 3. The summed E-state index contributed by atoms with van der Waals surface area (Å²) >= 11 is 1.59. The Hall–Kier alpha value is -0.510. The van der Waals surface area contributed by atoms with Crippen molar-refractivity contribution in [3.63, 3.8) is 0 Å². The van der Waals surface area contributed by atoms with Crippen molar-refractivity contribution in [1.82, 2.24) is 15.2 Å². The number of nitrogens with one attached hydrogen (secondary N) is 1. The van der Waals surface area contributed by atoms with E-state index in [1.54, 1.807) is 11.8 Å². The van der Waals surface area contributed by atoms with Gasteiger partial charge < -0.3 is 0 Å². The van der Waals surface area contributed by atoms with Crippen LogP contribution in [0.1, 0.15) is 31.5 Å². The third-order valence-corrected chi connectivity index (χ3v) is 3.20. The monoisotopic (exact) mass is 197 g/mol. The third kappa shape index (κ3) is 2.24. The van der Waals surface area contributed by atoms with Crippen LogP contribution >= 0.6 is 11.8 Å². The second kappa shape index (κ2) is 4.13. The van der Waals surface area contributed by atoms with Crippen LogP contribution in [-0.4, -0.2) is 21.4 Å². The fraction of sp³-hybridized carbons (Fsp3) is 0.778. The summed E-state index contributed by atoms with van der Waals surface area (Å²) in [6, 6.07) is 0. The number of hydrogen-bond donors (Lipinski definition) is 1. The van der Waals surface area contributed by atoms with Crippen molar-refractivity contribution in [2.45, 2.75) is 37.3 Å². The number of rotatable bonds is 3. The number of aromatic nitrogens is 3. The normalized spacial score (nSPS) is 18.2. The minimum atomic E-state index is 0.850. The Morgan fingerprint density at radius 2 is 2.23 bits per heavy atom. The van der Waals surface area contributed by atoms with Crippen molar-refractivity contribution < 1.29 is 0 Å². The van der Waals surface area contributed by atoms with Gasteiger partial charge in [0.05, 0.1) is 0 Å². The maximum absolute atomic E-state index is 4.39. The summed E-state index contributed by atoms with van der Waals surface area (Å²) in [5, 5.41) is 7.97. The Morgan fingerprint density at radius 3 is 2.85 bits per heavy atom. The summed E-state index contributed by atoms with van der Waals surface area (Å²) in [6.07, 6.45) is 8.63. The van der Waals surface area contributed by atoms with E-state index in [-0.39, 0.29) is 0 Å². The van der Waals surface area contributed by atoms with E-state index < -0.39 is 0 Å².